The zero-order chi connectivity index (χ0) is 21.4. The number of carbonyl (C=O) groups excluding carboxylic acids is 2. The third-order valence-electron chi connectivity index (χ3n) is 6.75. The van der Waals surface area contributed by atoms with Crippen molar-refractivity contribution in [1.82, 2.24) is 19.8 Å². The van der Waals surface area contributed by atoms with E-state index in [0.717, 1.165) is 75.0 Å². The maximum Gasteiger partial charge on any atom is 0.274 e. The number of hydrogen-bond donors (Lipinski definition) is 1. The molecular weight excluding hydrogens is 395 g/mol. The van der Waals surface area contributed by atoms with E-state index >= 15 is 0 Å². The molecule has 1 aromatic heterocycles. The third kappa shape index (κ3) is 4.23. The number of fused-ring (bicyclic) bond motifs is 1. The Labute approximate surface area is 181 Å². The van der Waals surface area contributed by atoms with E-state index in [9.17, 15) is 14.0 Å². The second-order valence-corrected chi connectivity index (χ2v) is 9.05. The summed E-state index contributed by atoms with van der Waals surface area (Å²) in [6.45, 7) is 2.09. The Morgan fingerprint density at radius 1 is 0.968 bits per heavy atom. The lowest BCUT2D eigenvalue weighted by molar-refractivity contribution is -0.123. The summed E-state index contributed by atoms with van der Waals surface area (Å²) in [5, 5.41) is 3.14. The molecule has 5 rings (SSSR count). The molecule has 0 bridgehead atoms. The normalized spacial score (nSPS) is 19.6. The molecule has 1 saturated heterocycles. The third-order valence-corrected chi connectivity index (χ3v) is 6.75. The first kappa shape index (κ1) is 20.2. The SMILES string of the molecule is O=C(NC1CCN(C(=O)c2nc(-c3ccc(F)cc3)n3c2CCCCC3)CC1)C1CC1. The second kappa shape index (κ2) is 8.44. The number of aromatic nitrogens is 2. The largest absolute Gasteiger partial charge is 0.353 e. The molecule has 31 heavy (non-hydrogen) atoms. The lowest BCUT2D eigenvalue weighted by Crippen LogP contribution is -2.47. The summed E-state index contributed by atoms with van der Waals surface area (Å²) in [7, 11) is 0. The molecule has 1 aliphatic carbocycles. The molecule has 0 spiro atoms. The molecule has 6 nitrogen and oxygen atoms in total. The minimum absolute atomic E-state index is 0.0222. The maximum atomic E-state index is 13.4. The van der Waals surface area contributed by atoms with Gasteiger partial charge in [-0.3, -0.25) is 9.59 Å². The van der Waals surface area contributed by atoms with Gasteiger partial charge in [0, 0.05) is 37.2 Å². The molecule has 1 N–H and O–H groups in total. The number of piperidine rings is 1. The number of imidazole rings is 1. The molecule has 1 saturated carbocycles. The number of nitrogens with one attached hydrogen (secondary N) is 1. The molecule has 164 valence electrons. The van der Waals surface area contributed by atoms with Crippen LogP contribution in [0.1, 0.15) is 61.1 Å². The quantitative estimate of drug-likeness (QED) is 0.816. The monoisotopic (exact) mass is 424 g/mol. The number of likely N-dealkylation sites (tertiary alicyclic amines) is 1. The molecule has 2 aliphatic heterocycles. The van der Waals surface area contributed by atoms with E-state index in [-0.39, 0.29) is 29.6 Å². The lowest BCUT2D eigenvalue weighted by Gasteiger charge is -2.32. The minimum Gasteiger partial charge on any atom is -0.353 e. The number of rotatable bonds is 4. The van der Waals surface area contributed by atoms with E-state index in [1.807, 2.05) is 4.90 Å². The minimum atomic E-state index is -0.278. The number of carbonyl (C=O) groups is 2. The predicted octanol–water partition coefficient (Wildman–Crippen LogP) is 3.55. The van der Waals surface area contributed by atoms with E-state index in [0.29, 0.717) is 18.8 Å². The van der Waals surface area contributed by atoms with Crippen LogP contribution in [-0.2, 0) is 17.8 Å². The number of hydrogen-bond acceptors (Lipinski definition) is 3. The first-order valence-corrected chi connectivity index (χ1v) is 11.5. The molecular formula is C24H29FN4O2. The summed E-state index contributed by atoms with van der Waals surface area (Å²) in [5.41, 5.74) is 2.39. The molecule has 2 aromatic rings. The van der Waals surface area contributed by atoms with Crippen LogP contribution in [0.5, 0.6) is 0 Å². The van der Waals surface area contributed by atoms with Gasteiger partial charge in [0.2, 0.25) is 5.91 Å². The summed E-state index contributed by atoms with van der Waals surface area (Å²) in [6, 6.07) is 6.51. The standard InChI is InChI=1S/C24H29FN4O2/c25-18-9-7-16(8-10-18)22-27-21(20-4-2-1-3-13-29(20)22)24(31)28-14-11-19(12-15-28)26-23(30)17-5-6-17/h7-10,17,19H,1-6,11-15H2,(H,26,30). The Bertz CT molecular complexity index is 972. The van der Waals surface area contributed by atoms with Crippen molar-refractivity contribution in [2.24, 2.45) is 5.92 Å². The fourth-order valence-electron chi connectivity index (χ4n) is 4.75. The van der Waals surface area contributed by atoms with Crippen molar-refractivity contribution in [3.63, 3.8) is 0 Å². The van der Waals surface area contributed by atoms with Gasteiger partial charge < -0.3 is 14.8 Å². The zero-order valence-electron chi connectivity index (χ0n) is 17.8. The van der Waals surface area contributed by atoms with Crippen LogP contribution in [0.15, 0.2) is 24.3 Å². The molecule has 0 unspecified atom stereocenters. The Morgan fingerprint density at radius 3 is 2.42 bits per heavy atom. The zero-order valence-corrected chi connectivity index (χ0v) is 17.8. The number of halogens is 1. The molecule has 3 aliphatic rings. The van der Waals surface area contributed by atoms with Crippen LogP contribution in [0, 0.1) is 11.7 Å². The molecule has 3 heterocycles. The van der Waals surface area contributed by atoms with Gasteiger partial charge in [-0.25, -0.2) is 9.37 Å². The van der Waals surface area contributed by atoms with Crippen LogP contribution in [0.4, 0.5) is 4.39 Å². The van der Waals surface area contributed by atoms with E-state index in [2.05, 4.69) is 9.88 Å². The number of amides is 2. The van der Waals surface area contributed by atoms with Crippen LogP contribution in [0.3, 0.4) is 0 Å². The Balaban J connectivity index is 1.35. The summed E-state index contributed by atoms with van der Waals surface area (Å²) in [5.74, 6) is 0.843. The van der Waals surface area contributed by atoms with Crippen molar-refractivity contribution in [1.29, 1.82) is 0 Å². The molecule has 2 amide bonds. The van der Waals surface area contributed by atoms with Gasteiger partial charge in [0.1, 0.15) is 17.3 Å². The average molecular weight is 425 g/mol. The van der Waals surface area contributed by atoms with Gasteiger partial charge in [0.05, 0.1) is 5.69 Å². The highest BCUT2D eigenvalue weighted by atomic mass is 19.1. The van der Waals surface area contributed by atoms with Crippen LogP contribution < -0.4 is 5.32 Å². The summed E-state index contributed by atoms with van der Waals surface area (Å²) in [6.07, 6.45) is 7.64. The van der Waals surface area contributed by atoms with Gasteiger partial charge in [-0.05, 0) is 69.2 Å². The van der Waals surface area contributed by atoms with Crippen molar-refractivity contribution in [3.05, 3.63) is 41.5 Å². The van der Waals surface area contributed by atoms with E-state index < -0.39 is 0 Å². The Kier molecular flexibility index (Phi) is 5.50. The summed E-state index contributed by atoms with van der Waals surface area (Å²) in [4.78, 5) is 32.1. The van der Waals surface area contributed by atoms with Crippen molar-refractivity contribution in [3.8, 4) is 11.4 Å². The van der Waals surface area contributed by atoms with Gasteiger partial charge in [-0.2, -0.15) is 0 Å². The van der Waals surface area contributed by atoms with Crippen molar-refractivity contribution >= 4 is 11.8 Å². The smallest absolute Gasteiger partial charge is 0.274 e. The molecule has 0 radical (unpaired) electrons. The summed E-state index contributed by atoms with van der Waals surface area (Å²) >= 11 is 0. The molecule has 2 fully saturated rings. The number of nitrogens with zero attached hydrogens (tertiary/aromatic N) is 3. The van der Waals surface area contributed by atoms with Crippen LogP contribution in [-0.4, -0.2) is 45.4 Å². The van der Waals surface area contributed by atoms with Crippen molar-refractivity contribution in [2.75, 3.05) is 13.1 Å². The van der Waals surface area contributed by atoms with Crippen molar-refractivity contribution < 1.29 is 14.0 Å². The Hall–Kier alpha value is -2.70. The predicted molar refractivity (Wildman–Crippen MR) is 115 cm³/mol. The van der Waals surface area contributed by atoms with E-state index in [4.69, 9.17) is 4.98 Å². The molecule has 1 aromatic carbocycles. The first-order chi connectivity index (χ1) is 15.1. The van der Waals surface area contributed by atoms with E-state index in [1.165, 1.54) is 12.1 Å². The highest BCUT2D eigenvalue weighted by molar-refractivity contribution is 5.94. The van der Waals surface area contributed by atoms with E-state index in [1.54, 1.807) is 12.1 Å². The molecule has 0 atom stereocenters. The van der Waals surface area contributed by atoms with Gasteiger partial charge in [0.25, 0.3) is 5.91 Å². The highest BCUT2D eigenvalue weighted by Crippen LogP contribution is 2.30. The van der Waals surface area contributed by atoms with Gasteiger partial charge in [0.15, 0.2) is 0 Å². The molecule has 7 heteroatoms. The van der Waals surface area contributed by atoms with Crippen LogP contribution in [0.2, 0.25) is 0 Å². The number of benzene rings is 1. The van der Waals surface area contributed by atoms with Crippen molar-refractivity contribution in [2.45, 2.75) is 64.0 Å². The average Bonchev–Trinajstić information content (AvgIpc) is 3.60. The topological polar surface area (TPSA) is 67.2 Å². The maximum absolute atomic E-state index is 13.4. The van der Waals surface area contributed by atoms with Gasteiger partial charge >= 0.3 is 0 Å². The van der Waals surface area contributed by atoms with Gasteiger partial charge in [-0.15, -0.1) is 0 Å². The fraction of sp³-hybridized carbons (Fsp3) is 0.542. The fourth-order valence-corrected chi connectivity index (χ4v) is 4.75. The lowest BCUT2D eigenvalue weighted by atomic mass is 10.0. The second-order valence-electron chi connectivity index (χ2n) is 9.05. The first-order valence-electron chi connectivity index (χ1n) is 11.5. The van der Waals surface area contributed by atoms with Crippen LogP contribution >= 0.6 is 0 Å². The highest BCUT2D eigenvalue weighted by Gasteiger charge is 2.33. The van der Waals surface area contributed by atoms with Gasteiger partial charge in [-0.1, -0.05) is 6.42 Å². The Morgan fingerprint density at radius 2 is 1.71 bits per heavy atom. The van der Waals surface area contributed by atoms with Crippen LogP contribution in [0.25, 0.3) is 11.4 Å². The summed E-state index contributed by atoms with van der Waals surface area (Å²) < 4.78 is 15.6.